The van der Waals surface area contributed by atoms with Crippen LogP contribution in [0.1, 0.15) is 23.0 Å². The third-order valence-electron chi connectivity index (χ3n) is 10.3. The quantitative estimate of drug-likeness (QED) is 0.173. The third kappa shape index (κ3) is 4.59. The molecule has 6 aromatic carbocycles. The van der Waals surface area contributed by atoms with Gasteiger partial charge in [0.25, 0.3) is 0 Å². The van der Waals surface area contributed by atoms with Gasteiger partial charge in [-0.15, -0.1) is 0 Å². The van der Waals surface area contributed by atoms with Crippen LogP contribution in [-0.2, 0) is 6.54 Å². The molecule has 0 saturated carbocycles. The van der Waals surface area contributed by atoms with E-state index in [0.29, 0.717) is 6.54 Å². The lowest BCUT2D eigenvalue weighted by molar-refractivity contribution is 0.648. The molecule has 0 spiro atoms. The van der Waals surface area contributed by atoms with Gasteiger partial charge in [0.05, 0.1) is 40.3 Å². The summed E-state index contributed by atoms with van der Waals surface area (Å²) in [5.41, 5.74) is 18.6. The summed E-state index contributed by atoms with van der Waals surface area (Å²) in [6.07, 6.45) is 3.88. The van der Waals surface area contributed by atoms with Crippen LogP contribution in [0.2, 0.25) is 0 Å². The molecule has 0 fully saturated rings. The maximum Gasteiger partial charge on any atom is 0.178 e. The highest BCUT2D eigenvalue weighted by atomic mass is 15.5. The van der Waals surface area contributed by atoms with Gasteiger partial charge in [-0.25, -0.2) is 0 Å². The van der Waals surface area contributed by atoms with E-state index in [1.54, 1.807) is 7.05 Å². The minimum Gasteiger partial charge on any atom is -0.385 e. The Hall–Kier alpha value is -6.86. The van der Waals surface area contributed by atoms with Gasteiger partial charge in [-0.2, -0.15) is 10.2 Å². The summed E-state index contributed by atoms with van der Waals surface area (Å²) in [7, 11) is 1.72. The molecule has 4 heterocycles. The largest absolute Gasteiger partial charge is 0.385 e. The number of para-hydroxylation sites is 4. The zero-order chi connectivity index (χ0) is 34.6. The zero-order valence-electron chi connectivity index (χ0n) is 28.6. The normalized spacial score (nSPS) is 13.7. The van der Waals surface area contributed by atoms with Gasteiger partial charge in [-0.1, -0.05) is 103 Å². The van der Waals surface area contributed by atoms with Gasteiger partial charge in [0.2, 0.25) is 0 Å². The van der Waals surface area contributed by atoms with E-state index in [2.05, 4.69) is 175 Å². The number of hydrogen-bond acceptors (Lipinski definition) is 5. The minimum absolute atomic E-state index is 0.343. The summed E-state index contributed by atoms with van der Waals surface area (Å²) >= 11 is 0. The van der Waals surface area contributed by atoms with Crippen LogP contribution >= 0.6 is 0 Å². The van der Waals surface area contributed by atoms with Crippen molar-refractivity contribution < 1.29 is 0 Å². The summed E-state index contributed by atoms with van der Waals surface area (Å²) in [6, 6.07) is 54.3. The van der Waals surface area contributed by atoms with Crippen LogP contribution in [0.25, 0.3) is 56.0 Å². The van der Waals surface area contributed by atoms with Crippen molar-refractivity contribution in [2.24, 2.45) is 10.2 Å². The predicted octanol–water partition coefficient (Wildman–Crippen LogP) is 11.1. The fourth-order valence-corrected chi connectivity index (χ4v) is 8.11. The highest BCUT2D eigenvalue weighted by Gasteiger charge is 2.31. The lowest BCUT2D eigenvalue weighted by atomic mass is 9.98. The first-order valence-electron chi connectivity index (χ1n) is 17.7. The third-order valence-corrected chi connectivity index (χ3v) is 10.3. The average Bonchev–Trinajstić information content (AvgIpc) is 3.67. The van der Waals surface area contributed by atoms with Gasteiger partial charge in [-0.3, -0.25) is 10.1 Å². The summed E-state index contributed by atoms with van der Waals surface area (Å²) < 4.78 is 4.62. The van der Waals surface area contributed by atoms with Crippen molar-refractivity contribution in [3.8, 4) is 28.1 Å². The Balaban J connectivity index is 1.21. The molecule has 7 heteroatoms. The molecule has 0 bridgehead atoms. The molecule has 0 saturated heterocycles. The molecule has 2 N–H and O–H groups in total. The minimum atomic E-state index is -0.343. The van der Waals surface area contributed by atoms with Crippen LogP contribution < -0.4 is 15.6 Å². The molecule has 7 nitrogen and oxygen atoms in total. The van der Waals surface area contributed by atoms with Gasteiger partial charge in [0.15, 0.2) is 6.17 Å². The molecule has 2 aliphatic heterocycles. The van der Waals surface area contributed by atoms with Gasteiger partial charge in [-0.05, 0) is 66.4 Å². The Kier molecular flexibility index (Phi) is 7.03. The van der Waals surface area contributed by atoms with E-state index in [9.17, 15) is 0 Å². The van der Waals surface area contributed by atoms with Crippen LogP contribution in [0.4, 0.5) is 17.1 Å². The van der Waals surface area contributed by atoms with Crippen LogP contribution in [0.15, 0.2) is 168 Å². The lowest BCUT2D eigenvalue weighted by Gasteiger charge is -2.28. The number of fused-ring (bicyclic) bond motifs is 10. The second kappa shape index (κ2) is 12.2. The molecular formula is C45H35N7. The standard InChI is InChI=1S/C45H35N7/c1-46-48-45(30-14-4-2-5-15-30)49-52-41-25-24-32(28-37(41)33-26-27-47-29-42(33)52)50-38-21-11-8-18-34(38)43-35-19-9-12-22-39(35)51(31-16-6-3-7-17-31)44(43)36-20-10-13-23-40(36)50/h2-28,45,47,49H,29H2,1H3/b48-46-. The van der Waals surface area contributed by atoms with Crippen molar-refractivity contribution in [1.82, 2.24) is 14.6 Å². The van der Waals surface area contributed by atoms with Crippen molar-refractivity contribution in [1.29, 1.82) is 0 Å². The molecule has 1 unspecified atom stereocenters. The highest BCUT2D eigenvalue weighted by Crippen LogP contribution is 2.54. The van der Waals surface area contributed by atoms with Crippen molar-refractivity contribution in [3.05, 3.63) is 175 Å². The Morgan fingerprint density at radius 3 is 2.15 bits per heavy atom. The van der Waals surface area contributed by atoms with Gasteiger partial charge in [0.1, 0.15) is 0 Å². The summed E-state index contributed by atoms with van der Waals surface area (Å²) in [5.74, 6) is 0. The molecule has 250 valence electrons. The van der Waals surface area contributed by atoms with E-state index < -0.39 is 0 Å². The smallest absolute Gasteiger partial charge is 0.178 e. The molecule has 10 rings (SSSR count). The predicted molar refractivity (Wildman–Crippen MR) is 213 cm³/mol. The summed E-state index contributed by atoms with van der Waals surface area (Å²) in [6.45, 7) is 0.689. The number of nitrogens with zero attached hydrogens (tertiary/aromatic N) is 5. The molecule has 8 aromatic rings. The summed E-state index contributed by atoms with van der Waals surface area (Å²) in [5, 5.41) is 14.6. The molecule has 0 aliphatic carbocycles. The van der Waals surface area contributed by atoms with Gasteiger partial charge in [0, 0.05) is 51.4 Å². The fraction of sp³-hybridized carbons (Fsp3) is 0.0667. The van der Waals surface area contributed by atoms with E-state index in [0.717, 1.165) is 44.9 Å². The van der Waals surface area contributed by atoms with Crippen molar-refractivity contribution in [2.45, 2.75) is 12.7 Å². The van der Waals surface area contributed by atoms with E-state index in [1.807, 2.05) is 24.4 Å². The second-order valence-electron chi connectivity index (χ2n) is 13.2. The number of rotatable bonds is 6. The maximum atomic E-state index is 4.59. The first-order valence-corrected chi connectivity index (χ1v) is 17.7. The number of aromatic nitrogens is 2. The molecule has 0 radical (unpaired) electrons. The van der Waals surface area contributed by atoms with Gasteiger partial charge < -0.3 is 14.8 Å². The Labute approximate surface area is 301 Å². The Morgan fingerprint density at radius 2 is 1.35 bits per heavy atom. The van der Waals surface area contributed by atoms with E-state index in [4.69, 9.17) is 0 Å². The van der Waals surface area contributed by atoms with Crippen LogP contribution in [-0.4, -0.2) is 16.3 Å². The van der Waals surface area contributed by atoms with Crippen molar-refractivity contribution in [3.63, 3.8) is 0 Å². The number of anilines is 3. The van der Waals surface area contributed by atoms with E-state index in [-0.39, 0.29) is 6.17 Å². The number of nitrogens with one attached hydrogen (secondary N) is 2. The Morgan fingerprint density at radius 1 is 0.654 bits per heavy atom. The number of azo groups is 1. The molecular weight excluding hydrogens is 639 g/mol. The summed E-state index contributed by atoms with van der Waals surface area (Å²) in [4.78, 5) is 2.44. The SMILES string of the molecule is C/N=N\C(Nn1c2c(c3cc(N4c5ccccc5-c5c(n(-c6ccccc6)c6ccccc56)-c5ccccc54)ccc31)C=CNC2)c1ccccc1. The zero-order valence-corrected chi connectivity index (χ0v) is 28.6. The van der Waals surface area contributed by atoms with Crippen LogP contribution in [0, 0.1) is 0 Å². The first kappa shape index (κ1) is 30.0. The van der Waals surface area contributed by atoms with Crippen LogP contribution in [0.3, 0.4) is 0 Å². The molecule has 2 aromatic heterocycles. The van der Waals surface area contributed by atoms with Gasteiger partial charge >= 0.3 is 0 Å². The monoisotopic (exact) mass is 673 g/mol. The maximum absolute atomic E-state index is 4.59. The topological polar surface area (TPSA) is 61.9 Å². The van der Waals surface area contributed by atoms with Crippen LogP contribution in [0.5, 0.6) is 0 Å². The molecule has 52 heavy (non-hydrogen) atoms. The van der Waals surface area contributed by atoms with Crippen molar-refractivity contribution >= 4 is 44.9 Å². The van der Waals surface area contributed by atoms with E-state index >= 15 is 0 Å². The number of benzene rings is 6. The Bertz CT molecular complexity index is 2680. The number of hydrogen-bond donors (Lipinski definition) is 2. The fourth-order valence-electron chi connectivity index (χ4n) is 8.11. The molecule has 2 aliphatic rings. The van der Waals surface area contributed by atoms with E-state index in [1.165, 1.54) is 38.9 Å². The highest BCUT2D eigenvalue weighted by molar-refractivity contribution is 6.13. The van der Waals surface area contributed by atoms with Crippen molar-refractivity contribution in [2.75, 3.05) is 17.4 Å². The molecule has 1 atom stereocenters. The average molecular weight is 674 g/mol. The lowest BCUT2D eigenvalue weighted by Crippen LogP contribution is -2.24. The first-order chi connectivity index (χ1) is 25.8. The molecule has 0 amide bonds. The second-order valence-corrected chi connectivity index (χ2v) is 13.2.